The number of hydrogen-bond donors (Lipinski definition) is 0. The predicted octanol–water partition coefficient (Wildman–Crippen LogP) is 1.26. The van der Waals surface area contributed by atoms with Crippen LogP contribution in [0.5, 0.6) is 0 Å². The molecule has 0 amide bonds. The average molecular weight is 266 g/mol. The van der Waals surface area contributed by atoms with Gasteiger partial charge in [-0.3, -0.25) is 0 Å². The quantitative estimate of drug-likeness (QED) is 0.579. The van der Waals surface area contributed by atoms with Gasteiger partial charge in [-0.2, -0.15) is 0 Å². The van der Waals surface area contributed by atoms with Gasteiger partial charge in [-0.25, -0.2) is 0 Å². The van der Waals surface area contributed by atoms with Gasteiger partial charge in [0.25, 0.3) is 0 Å². The molecule has 0 fully saturated rings. The molecule has 0 aromatic rings. The fourth-order valence-corrected chi connectivity index (χ4v) is 0. The van der Waals surface area contributed by atoms with Crippen LogP contribution in [0.4, 0.5) is 9.95 Å². The Morgan fingerprint density at radius 1 is 1.00 bits per heavy atom. The molecule has 0 aliphatic heterocycles. The van der Waals surface area contributed by atoms with E-state index in [1.54, 1.807) is 0 Å². The Morgan fingerprint density at radius 3 is 1.00 bits per heavy atom. The summed E-state index contributed by atoms with van der Waals surface area (Å²) in [7, 11) is 0. The normalized spacial score (nSPS) is 9.00. The summed E-state index contributed by atoms with van der Waals surface area (Å²) in [6, 6.07) is 0. The Bertz CT molecular complexity index is 11.6. The van der Waals surface area contributed by atoms with Crippen LogP contribution in [-0.4, -0.2) is 0 Å². The van der Waals surface area contributed by atoms with Crippen molar-refractivity contribution in [3.05, 3.63) is 0 Å². The van der Waals surface area contributed by atoms with Gasteiger partial charge >= 0.3 is 27.4 Å². The maximum atomic E-state index is 9.81. The van der Waals surface area contributed by atoms with Gasteiger partial charge in [-0.15, -0.1) is 0 Å². The summed E-state index contributed by atoms with van der Waals surface area (Å²) in [5.74, 6) is 0. The second-order valence-corrected chi connectivity index (χ2v) is 0.896. The molecule has 1 radical (unpaired) electrons. The Morgan fingerprint density at radius 2 is 1.00 bits per heavy atom. The minimum absolute atomic E-state index is 0. The molecule has 0 aromatic heterocycles. The van der Waals surface area contributed by atoms with E-state index in [1.165, 1.54) is 0 Å². The molecule has 0 aromatic carbocycles. The molecule has 40 valence electrons. The van der Waals surface area contributed by atoms with Gasteiger partial charge in [0, 0.05) is 22.4 Å². The van der Waals surface area contributed by atoms with E-state index in [2.05, 4.69) is 0 Å². The fraction of sp³-hybridized carbons (Fsp3) is 0. The molecule has 5 heteroatoms. The summed E-state index contributed by atoms with van der Waals surface area (Å²) in [5, 5.41) is 0. The second kappa shape index (κ2) is 5.15. The third-order valence-corrected chi connectivity index (χ3v) is 0. The zero-order valence-corrected chi connectivity index (χ0v) is 5.01. The standard InChI is InChI=1S/Ag.3FH.Ru/h;3*1H;/q;;;;+3/p-3. The van der Waals surface area contributed by atoms with E-state index in [9.17, 15) is 9.95 Å². The summed E-state index contributed by atoms with van der Waals surface area (Å²) < 4.78 is 29.4. The first-order valence-corrected chi connectivity index (χ1v) is 2.37. The van der Waals surface area contributed by atoms with E-state index in [0.29, 0.717) is 0 Å². The van der Waals surface area contributed by atoms with Crippen molar-refractivity contribution in [2.75, 3.05) is 0 Å². The third-order valence-electron chi connectivity index (χ3n) is 0. The van der Waals surface area contributed by atoms with Crippen LogP contribution >= 0.6 is 0 Å². The molecular weight excluding hydrogens is 266 g/mol. The molecule has 0 saturated carbocycles. The SMILES string of the molecule is [Ag].[F][Ru]([F])[F]. The first kappa shape index (κ1) is 9.47. The zero-order chi connectivity index (χ0) is 3.58. The minimum atomic E-state index is -4.67. The van der Waals surface area contributed by atoms with Crippen molar-refractivity contribution in [1.29, 1.82) is 0 Å². The maximum absolute atomic E-state index is 9.81. The van der Waals surface area contributed by atoms with E-state index in [-0.39, 0.29) is 22.4 Å². The van der Waals surface area contributed by atoms with Crippen LogP contribution in [0.15, 0.2) is 0 Å². The molecule has 0 aliphatic rings. The van der Waals surface area contributed by atoms with Gasteiger partial charge in [-0.05, 0) is 0 Å². The summed E-state index contributed by atoms with van der Waals surface area (Å²) in [6.45, 7) is 0. The summed E-state index contributed by atoms with van der Waals surface area (Å²) >= 11 is -4.67. The van der Waals surface area contributed by atoms with Crippen molar-refractivity contribution in [1.82, 2.24) is 0 Å². The molecule has 0 atom stereocenters. The van der Waals surface area contributed by atoms with Crippen LogP contribution in [-0.2, 0) is 39.8 Å². The molecular formula is AgF3Ru. The van der Waals surface area contributed by atoms with Crippen molar-refractivity contribution >= 4 is 0 Å². The van der Waals surface area contributed by atoms with Gasteiger partial charge in [0.15, 0.2) is 0 Å². The van der Waals surface area contributed by atoms with Gasteiger partial charge in [0.05, 0.1) is 0 Å². The molecule has 0 N–H and O–H groups in total. The monoisotopic (exact) mass is 266 g/mol. The van der Waals surface area contributed by atoms with Crippen LogP contribution < -0.4 is 0 Å². The molecule has 0 nitrogen and oxygen atoms in total. The van der Waals surface area contributed by atoms with Gasteiger partial charge in [0.2, 0.25) is 0 Å². The molecule has 0 rings (SSSR count). The van der Waals surface area contributed by atoms with E-state index in [0.717, 1.165) is 0 Å². The van der Waals surface area contributed by atoms with Gasteiger partial charge < -0.3 is 0 Å². The van der Waals surface area contributed by atoms with Gasteiger partial charge in [0.1, 0.15) is 0 Å². The molecule has 0 bridgehead atoms. The zero-order valence-electron chi connectivity index (χ0n) is 1.79. The van der Waals surface area contributed by atoms with E-state index in [1.807, 2.05) is 0 Å². The number of rotatable bonds is 0. The van der Waals surface area contributed by atoms with Crippen LogP contribution in [0.3, 0.4) is 0 Å². The Labute approximate surface area is 49.9 Å². The van der Waals surface area contributed by atoms with Crippen LogP contribution in [0, 0.1) is 0 Å². The molecule has 0 heterocycles. The van der Waals surface area contributed by atoms with Crippen molar-refractivity contribution < 1.29 is 49.8 Å². The molecule has 0 saturated heterocycles. The first-order chi connectivity index (χ1) is 1.73. The topological polar surface area (TPSA) is 0 Å². The molecule has 5 heavy (non-hydrogen) atoms. The van der Waals surface area contributed by atoms with Crippen molar-refractivity contribution in [3.63, 3.8) is 0 Å². The Balaban J connectivity index is 0. The molecule has 0 unspecified atom stereocenters. The average Bonchev–Trinajstić information content (AvgIpc) is 0.811. The molecule has 0 spiro atoms. The van der Waals surface area contributed by atoms with E-state index >= 15 is 0 Å². The van der Waals surface area contributed by atoms with Crippen LogP contribution in [0.25, 0.3) is 0 Å². The Kier molecular flexibility index (Phi) is 9.76. The van der Waals surface area contributed by atoms with E-state index in [4.69, 9.17) is 0 Å². The van der Waals surface area contributed by atoms with Crippen LogP contribution in [0.2, 0.25) is 0 Å². The second-order valence-electron chi connectivity index (χ2n) is 0.152. The van der Waals surface area contributed by atoms with E-state index < -0.39 is 17.4 Å². The summed E-state index contributed by atoms with van der Waals surface area (Å²) in [5.41, 5.74) is 0. The summed E-state index contributed by atoms with van der Waals surface area (Å²) in [6.07, 6.45) is 0. The number of hydrogen-bond acceptors (Lipinski definition) is 0. The van der Waals surface area contributed by atoms with Crippen molar-refractivity contribution in [3.8, 4) is 0 Å². The van der Waals surface area contributed by atoms with Crippen molar-refractivity contribution in [2.24, 2.45) is 0 Å². The molecule has 0 aliphatic carbocycles. The Hall–Kier alpha value is 1.15. The van der Waals surface area contributed by atoms with Crippen LogP contribution in [0.1, 0.15) is 0 Å². The predicted molar refractivity (Wildman–Crippen MR) is 3.32 cm³/mol. The fourth-order valence-electron chi connectivity index (χ4n) is 0. The number of halogens is 3. The third kappa shape index (κ3) is 38.5. The first-order valence-electron chi connectivity index (χ1n) is 0.401. The summed E-state index contributed by atoms with van der Waals surface area (Å²) in [4.78, 5) is 0. The van der Waals surface area contributed by atoms with Crippen molar-refractivity contribution in [2.45, 2.75) is 0 Å². The van der Waals surface area contributed by atoms with Gasteiger partial charge in [-0.1, -0.05) is 0 Å².